The molecule has 0 spiro atoms. The van der Waals surface area contributed by atoms with E-state index in [0.29, 0.717) is 11.8 Å². The Bertz CT molecular complexity index is 332. The summed E-state index contributed by atoms with van der Waals surface area (Å²) in [5.74, 6) is -0.740. The van der Waals surface area contributed by atoms with Crippen LogP contribution in [-0.4, -0.2) is 47.2 Å². The summed E-state index contributed by atoms with van der Waals surface area (Å²) in [7, 11) is 0. The van der Waals surface area contributed by atoms with Gasteiger partial charge in [-0.2, -0.15) is 0 Å². The zero-order valence-electron chi connectivity index (χ0n) is 14.5. The summed E-state index contributed by atoms with van der Waals surface area (Å²) in [5, 5.41) is 12.6. The SMILES string of the molecule is CC(C)NC(C)(CCCCN1CCC(C)(C)CC1)C(=O)O. The number of rotatable bonds is 8. The van der Waals surface area contributed by atoms with Gasteiger partial charge in [-0.3, -0.25) is 10.1 Å². The van der Waals surface area contributed by atoms with Crippen molar-refractivity contribution in [3.8, 4) is 0 Å². The van der Waals surface area contributed by atoms with Gasteiger partial charge in [0.1, 0.15) is 5.54 Å². The molecule has 1 fully saturated rings. The molecule has 4 nitrogen and oxygen atoms in total. The summed E-state index contributed by atoms with van der Waals surface area (Å²) < 4.78 is 0. The van der Waals surface area contributed by atoms with Crippen LogP contribution in [0.3, 0.4) is 0 Å². The predicted octanol–water partition coefficient (Wildman–Crippen LogP) is 3.12. The molecule has 1 aliphatic heterocycles. The number of nitrogens with zero attached hydrogens (tertiary/aromatic N) is 1. The first-order valence-corrected chi connectivity index (χ1v) is 8.38. The highest BCUT2D eigenvalue weighted by Crippen LogP contribution is 2.29. The first-order valence-electron chi connectivity index (χ1n) is 8.38. The normalized spacial score (nSPS) is 22.2. The maximum absolute atomic E-state index is 11.5. The van der Waals surface area contributed by atoms with Crippen LogP contribution in [0, 0.1) is 5.41 Å². The van der Waals surface area contributed by atoms with Crippen LogP contribution in [0.5, 0.6) is 0 Å². The standard InChI is InChI=1S/C17H34N2O2/c1-14(2)18-17(5,15(20)21)8-6-7-11-19-12-9-16(3,4)10-13-19/h14,18H,6-13H2,1-5H3,(H,20,21). The fourth-order valence-corrected chi connectivity index (χ4v) is 3.07. The maximum atomic E-state index is 11.5. The van der Waals surface area contributed by atoms with Crippen molar-refractivity contribution < 1.29 is 9.90 Å². The summed E-state index contributed by atoms with van der Waals surface area (Å²) in [6.07, 6.45) is 5.29. The van der Waals surface area contributed by atoms with Crippen molar-refractivity contribution in [1.29, 1.82) is 0 Å². The Labute approximate surface area is 130 Å². The largest absolute Gasteiger partial charge is 0.480 e. The van der Waals surface area contributed by atoms with E-state index in [4.69, 9.17) is 0 Å². The first kappa shape index (κ1) is 18.4. The predicted molar refractivity (Wildman–Crippen MR) is 87.6 cm³/mol. The minimum absolute atomic E-state index is 0.190. The van der Waals surface area contributed by atoms with Gasteiger partial charge >= 0.3 is 5.97 Å². The van der Waals surface area contributed by atoms with E-state index in [9.17, 15) is 9.90 Å². The molecule has 0 aromatic rings. The monoisotopic (exact) mass is 298 g/mol. The Kier molecular flexibility index (Phi) is 6.67. The highest BCUT2D eigenvalue weighted by Gasteiger charge is 2.32. The Hall–Kier alpha value is -0.610. The van der Waals surface area contributed by atoms with Gasteiger partial charge in [-0.15, -0.1) is 0 Å². The van der Waals surface area contributed by atoms with Gasteiger partial charge in [0, 0.05) is 6.04 Å². The second kappa shape index (κ2) is 7.59. The minimum Gasteiger partial charge on any atom is -0.480 e. The number of hydrogen-bond acceptors (Lipinski definition) is 3. The molecule has 1 saturated heterocycles. The Morgan fingerprint density at radius 2 is 1.86 bits per heavy atom. The van der Waals surface area contributed by atoms with Crippen LogP contribution in [0.1, 0.15) is 66.7 Å². The Morgan fingerprint density at radius 3 is 2.33 bits per heavy atom. The third kappa shape index (κ3) is 6.35. The number of unbranched alkanes of at least 4 members (excludes halogenated alkanes) is 1. The molecule has 2 N–H and O–H groups in total. The molecule has 0 saturated carbocycles. The fourth-order valence-electron chi connectivity index (χ4n) is 3.07. The summed E-state index contributed by atoms with van der Waals surface area (Å²) in [6.45, 7) is 14.0. The van der Waals surface area contributed by atoms with Crippen LogP contribution in [0.4, 0.5) is 0 Å². The van der Waals surface area contributed by atoms with Crippen molar-refractivity contribution in [2.24, 2.45) is 5.41 Å². The lowest BCUT2D eigenvalue weighted by Gasteiger charge is -2.37. The van der Waals surface area contributed by atoms with Crippen LogP contribution in [0.15, 0.2) is 0 Å². The van der Waals surface area contributed by atoms with Gasteiger partial charge in [0.2, 0.25) is 0 Å². The zero-order valence-corrected chi connectivity index (χ0v) is 14.5. The number of hydrogen-bond donors (Lipinski definition) is 2. The second-order valence-corrected chi connectivity index (χ2v) is 7.90. The van der Waals surface area contributed by atoms with E-state index in [1.807, 2.05) is 13.8 Å². The van der Waals surface area contributed by atoms with Gasteiger partial charge in [-0.25, -0.2) is 0 Å². The maximum Gasteiger partial charge on any atom is 0.323 e. The molecule has 1 atom stereocenters. The number of likely N-dealkylation sites (tertiary alicyclic amines) is 1. The number of piperidine rings is 1. The van der Waals surface area contributed by atoms with Gasteiger partial charge < -0.3 is 10.0 Å². The summed E-state index contributed by atoms with van der Waals surface area (Å²) in [5.41, 5.74) is -0.294. The minimum atomic E-state index is -0.794. The van der Waals surface area contributed by atoms with Crippen molar-refractivity contribution >= 4 is 5.97 Å². The number of carbonyl (C=O) groups is 1. The first-order chi connectivity index (χ1) is 9.65. The molecule has 1 unspecified atom stereocenters. The van der Waals surface area contributed by atoms with Gasteiger partial charge in [-0.05, 0) is 77.9 Å². The molecule has 0 radical (unpaired) electrons. The van der Waals surface area contributed by atoms with Gasteiger partial charge in [-0.1, -0.05) is 13.8 Å². The van der Waals surface area contributed by atoms with E-state index in [1.165, 1.54) is 25.9 Å². The average Bonchev–Trinajstić information content (AvgIpc) is 2.35. The molecule has 4 heteroatoms. The Balaban J connectivity index is 2.27. The lowest BCUT2D eigenvalue weighted by Crippen LogP contribution is -2.52. The summed E-state index contributed by atoms with van der Waals surface area (Å²) in [4.78, 5) is 14.0. The smallest absolute Gasteiger partial charge is 0.323 e. The third-order valence-corrected chi connectivity index (χ3v) is 4.69. The van der Waals surface area contributed by atoms with Crippen LogP contribution in [0.2, 0.25) is 0 Å². The van der Waals surface area contributed by atoms with E-state index < -0.39 is 11.5 Å². The number of aliphatic carboxylic acids is 1. The highest BCUT2D eigenvalue weighted by molar-refractivity contribution is 5.78. The second-order valence-electron chi connectivity index (χ2n) is 7.90. The molecule has 0 bridgehead atoms. The number of carboxylic acid groups (broad SMARTS) is 1. The lowest BCUT2D eigenvalue weighted by atomic mass is 9.82. The number of carboxylic acids is 1. The van der Waals surface area contributed by atoms with E-state index >= 15 is 0 Å². The fraction of sp³-hybridized carbons (Fsp3) is 0.941. The van der Waals surface area contributed by atoms with Crippen LogP contribution in [-0.2, 0) is 4.79 Å². The van der Waals surface area contributed by atoms with Crippen molar-refractivity contribution in [3.05, 3.63) is 0 Å². The molecule has 0 aromatic heterocycles. The topological polar surface area (TPSA) is 52.6 Å². The lowest BCUT2D eigenvalue weighted by molar-refractivity contribution is -0.144. The quantitative estimate of drug-likeness (QED) is 0.676. The van der Waals surface area contributed by atoms with Crippen molar-refractivity contribution in [2.45, 2.75) is 78.3 Å². The van der Waals surface area contributed by atoms with Crippen molar-refractivity contribution in [2.75, 3.05) is 19.6 Å². The molecular formula is C17H34N2O2. The molecule has 1 heterocycles. The molecule has 0 aliphatic carbocycles. The summed E-state index contributed by atoms with van der Waals surface area (Å²) in [6, 6.07) is 0.190. The molecule has 0 amide bonds. The van der Waals surface area contributed by atoms with Crippen molar-refractivity contribution in [3.63, 3.8) is 0 Å². The third-order valence-electron chi connectivity index (χ3n) is 4.69. The molecule has 0 aromatic carbocycles. The molecule has 1 rings (SSSR count). The van der Waals surface area contributed by atoms with E-state index in [0.717, 1.165) is 19.4 Å². The van der Waals surface area contributed by atoms with Crippen LogP contribution >= 0.6 is 0 Å². The van der Waals surface area contributed by atoms with E-state index in [-0.39, 0.29) is 6.04 Å². The molecule has 21 heavy (non-hydrogen) atoms. The highest BCUT2D eigenvalue weighted by atomic mass is 16.4. The zero-order chi connectivity index (χ0) is 16.1. The average molecular weight is 298 g/mol. The van der Waals surface area contributed by atoms with Crippen LogP contribution < -0.4 is 5.32 Å². The van der Waals surface area contributed by atoms with E-state index in [2.05, 4.69) is 24.1 Å². The van der Waals surface area contributed by atoms with Crippen molar-refractivity contribution in [1.82, 2.24) is 10.2 Å². The van der Waals surface area contributed by atoms with E-state index in [1.54, 1.807) is 6.92 Å². The van der Waals surface area contributed by atoms with Gasteiger partial charge in [0.05, 0.1) is 0 Å². The van der Waals surface area contributed by atoms with Gasteiger partial charge in [0.25, 0.3) is 0 Å². The molecular weight excluding hydrogens is 264 g/mol. The Morgan fingerprint density at radius 1 is 1.29 bits per heavy atom. The molecule has 124 valence electrons. The number of nitrogens with one attached hydrogen (secondary N) is 1. The van der Waals surface area contributed by atoms with Gasteiger partial charge in [0.15, 0.2) is 0 Å². The summed E-state index contributed by atoms with van der Waals surface area (Å²) >= 11 is 0. The molecule has 1 aliphatic rings. The van der Waals surface area contributed by atoms with Crippen LogP contribution in [0.25, 0.3) is 0 Å².